The van der Waals surface area contributed by atoms with Crippen LogP contribution in [0.15, 0.2) is 18.2 Å². The molecule has 0 amide bonds. The number of fused-ring (bicyclic) bond motifs is 1. The van der Waals surface area contributed by atoms with E-state index in [1.54, 1.807) is 0 Å². The molecule has 2 aromatic rings. The molecule has 12 heavy (non-hydrogen) atoms. The third kappa shape index (κ3) is 0.811. The van der Waals surface area contributed by atoms with Gasteiger partial charge in [0.25, 0.3) is 0 Å². The molecule has 0 bridgehead atoms. The van der Waals surface area contributed by atoms with Crippen molar-refractivity contribution in [2.24, 2.45) is 0 Å². The molecule has 2 rings (SSSR count). The highest BCUT2D eigenvalue weighted by Crippen LogP contribution is 2.27. The molecule has 62 valence electrons. The summed E-state index contributed by atoms with van der Waals surface area (Å²) in [6.07, 6.45) is 0. The molecule has 0 aliphatic rings. The molecule has 0 aliphatic heterocycles. The average Bonchev–Trinajstić information content (AvgIpc) is 2.32. The predicted octanol–water partition coefficient (Wildman–Crippen LogP) is 2.49. The summed E-state index contributed by atoms with van der Waals surface area (Å²) in [6.45, 7) is 3.94. The molecule has 0 unspecified atom stereocenters. The minimum atomic E-state index is 0.277. The number of aromatic nitrogens is 1. The molecule has 0 radical (unpaired) electrons. The molecule has 2 N–H and O–H groups in total. The first-order chi connectivity index (χ1) is 5.70. The number of benzene rings is 1. The van der Waals surface area contributed by atoms with Crippen LogP contribution in [0.3, 0.4) is 0 Å². The molecule has 1 aromatic heterocycles. The smallest absolute Gasteiger partial charge is 0.192 e. The Morgan fingerprint density at radius 1 is 1.25 bits per heavy atom. The second-order valence-electron chi connectivity index (χ2n) is 3.10. The van der Waals surface area contributed by atoms with Crippen LogP contribution in [0.4, 0.5) is 0 Å². The van der Waals surface area contributed by atoms with Crippen LogP contribution >= 0.6 is 0 Å². The van der Waals surface area contributed by atoms with Crippen molar-refractivity contribution in [2.45, 2.75) is 13.8 Å². The van der Waals surface area contributed by atoms with Gasteiger partial charge in [-0.05, 0) is 19.4 Å². The van der Waals surface area contributed by atoms with E-state index in [2.05, 4.69) is 4.98 Å². The molecule has 0 saturated carbocycles. The number of rotatable bonds is 0. The van der Waals surface area contributed by atoms with Gasteiger partial charge in [0.05, 0.1) is 5.52 Å². The normalized spacial score (nSPS) is 10.8. The topological polar surface area (TPSA) is 36.0 Å². The predicted molar refractivity (Wildman–Crippen MR) is 49.4 cm³/mol. The maximum atomic E-state index is 9.41. The largest absolute Gasteiger partial charge is 0.494 e. The van der Waals surface area contributed by atoms with Gasteiger partial charge in [-0.15, -0.1) is 0 Å². The number of para-hydroxylation sites is 1. The lowest BCUT2D eigenvalue weighted by Gasteiger charge is -1.93. The molecule has 1 aromatic carbocycles. The molecule has 0 spiro atoms. The monoisotopic (exact) mass is 161 g/mol. The summed E-state index contributed by atoms with van der Waals surface area (Å²) in [4.78, 5) is 2.95. The lowest BCUT2D eigenvalue weighted by Crippen LogP contribution is -1.74. The van der Waals surface area contributed by atoms with Crippen LogP contribution in [0, 0.1) is 13.8 Å². The van der Waals surface area contributed by atoms with Gasteiger partial charge in [0.1, 0.15) is 0 Å². The number of H-pyrrole nitrogens is 1. The standard InChI is InChI=1S/C10H11NO/c1-6-4-3-5-8-7(2)10(12)11-9(6)8/h3-5,11-12H,1-2H3. The van der Waals surface area contributed by atoms with Crippen LogP contribution in [0.2, 0.25) is 0 Å². The minimum Gasteiger partial charge on any atom is -0.494 e. The van der Waals surface area contributed by atoms with Crippen LogP contribution in [0.25, 0.3) is 10.9 Å². The number of aromatic amines is 1. The van der Waals surface area contributed by atoms with Gasteiger partial charge in [-0.2, -0.15) is 0 Å². The van der Waals surface area contributed by atoms with E-state index in [9.17, 15) is 5.11 Å². The van der Waals surface area contributed by atoms with Gasteiger partial charge in [-0.25, -0.2) is 0 Å². The SMILES string of the molecule is Cc1c(O)[nH]c2c(C)cccc12. The van der Waals surface area contributed by atoms with Crippen molar-refractivity contribution >= 4 is 10.9 Å². The van der Waals surface area contributed by atoms with Crippen LogP contribution in [0.1, 0.15) is 11.1 Å². The van der Waals surface area contributed by atoms with E-state index in [0.29, 0.717) is 0 Å². The molecule has 0 atom stereocenters. The van der Waals surface area contributed by atoms with Gasteiger partial charge < -0.3 is 10.1 Å². The highest BCUT2D eigenvalue weighted by atomic mass is 16.3. The lowest BCUT2D eigenvalue weighted by atomic mass is 10.1. The highest BCUT2D eigenvalue weighted by molar-refractivity contribution is 5.87. The fraction of sp³-hybridized carbons (Fsp3) is 0.200. The van der Waals surface area contributed by atoms with Crippen molar-refractivity contribution in [2.75, 3.05) is 0 Å². The van der Waals surface area contributed by atoms with Crippen molar-refractivity contribution in [3.05, 3.63) is 29.3 Å². The summed E-state index contributed by atoms with van der Waals surface area (Å²) >= 11 is 0. The van der Waals surface area contributed by atoms with Crippen LogP contribution < -0.4 is 0 Å². The zero-order valence-corrected chi connectivity index (χ0v) is 7.18. The third-order valence-corrected chi connectivity index (χ3v) is 2.28. The zero-order chi connectivity index (χ0) is 8.72. The molecule has 2 heteroatoms. The van der Waals surface area contributed by atoms with E-state index < -0.39 is 0 Å². The van der Waals surface area contributed by atoms with E-state index in [0.717, 1.165) is 22.0 Å². The quantitative estimate of drug-likeness (QED) is 0.611. The maximum absolute atomic E-state index is 9.41. The maximum Gasteiger partial charge on any atom is 0.192 e. The Morgan fingerprint density at radius 2 is 2.00 bits per heavy atom. The van der Waals surface area contributed by atoms with Gasteiger partial charge >= 0.3 is 0 Å². The van der Waals surface area contributed by atoms with Gasteiger partial charge in [0, 0.05) is 10.9 Å². The average molecular weight is 161 g/mol. The van der Waals surface area contributed by atoms with E-state index >= 15 is 0 Å². The van der Waals surface area contributed by atoms with Crippen molar-refractivity contribution in [1.82, 2.24) is 4.98 Å². The molecule has 0 aliphatic carbocycles. The highest BCUT2D eigenvalue weighted by Gasteiger charge is 2.06. The van der Waals surface area contributed by atoms with Crippen molar-refractivity contribution in [1.29, 1.82) is 0 Å². The Balaban J connectivity index is 2.95. The van der Waals surface area contributed by atoms with Crippen molar-refractivity contribution < 1.29 is 5.11 Å². The molecule has 0 saturated heterocycles. The summed E-state index contributed by atoms with van der Waals surface area (Å²) in [5.41, 5.74) is 3.12. The Labute approximate surface area is 70.8 Å². The second kappa shape index (κ2) is 2.27. The Kier molecular flexibility index (Phi) is 1.37. The van der Waals surface area contributed by atoms with E-state index in [-0.39, 0.29) is 5.88 Å². The Hall–Kier alpha value is -1.44. The van der Waals surface area contributed by atoms with Gasteiger partial charge in [0.2, 0.25) is 0 Å². The second-order valence-corrected chi connectivity index (χ2v) is 3.10. The summed E-state index contributed by atoms with van der Waals surface area (Å²) in [7, 11) is 0. The fourth-order valence-corrected chi connectivity index (χ4v) is 1.49. The number of nitrogens with one attached hydrogen (secondary N) is 1. The molecule has 1 heterocycles. The first-order valence-electron chi connectivity index (χ1n) is 3.97. The number of hydrogen-bond donors (Lipinski definition) is 2. The number of hydrogen-bond acceptors (Lipinski definition) is 1. The van der Waals surface area contributed by atoms with Crippen LogP contribution in [0.5, 0.6) is 5.88 Å². The first-order valence-corrected chi connectivity index (χ1v) is 3.97. The summed E-state index contributed by atoms with van der Waals surface area (Å²) in [6, 6.07) is 6.03. The van der Waals surface area contributed by atoms with Gasteiger partial charge in [-0.3, -0.25) is 0 Å². The zero-order valence-electron chi connectivity index (χ0n) is 7.18. The van der Waals surface area contributed by atoms with Crippen LogP contribution in [-0.4, -0.2) is 10.1 Å². The van der Waals surface area contributed by atoms with E-state index in [4.69, 9.17) is 0 Å². The van der Waals surface area contributed by atoms with Crippen LogP contribution in [-0.2, 0) is 0 Å². The lowest BCUT2D eigenvalue weighted by molar-refractivity contribution is 0.454. The van der Waals surface area contributed by atoms with Gasteiger partial charge in [0.15, 0.2) is 5.88 Å². The Bertz CT molecular complexity index is 429. The molecule has 2 nitrogen and oxygen atoms in total. The molecular weight excluding hydrogens is 150 g/mol. The summed E-state index contributed by atoms with van der Waals surface area (Å²) in [5, 5.41) is 10.5. The minimum absolute atomic E-state index is 0.277. The number of aromatic hydroxyl groups is 1. The Morgan fingerprint density at radius 3 is 2.67 bits per heavy atom. The van der Waals surface area contributed by atoms with E-state index in [1.165, 1.54) is 0 Å². The number of aryl methyl sites for hydroxylation is 2. The first kappa shape index (κ1) is 7.22. The summed E-state index contributed by atoms with van der Waals surface area (Å²) in [5.74, 6) is 0.277. The van der Waals surface area contributed by atoms with Crippen molar-refractivity contribution in [3.63, 3.8) is 0 Å². The third-order valence-electron chi connectivity index (χ3n) is 2.28. The summed E-state index contributed by atoms with van der Waals surface area (Å²) < 4.78 is 0. The molecular formula is C10H11NO. The fourth-order valence-electron chi connectivity index (χ4n) is 1.49. The van der Waals surface area contributed by atoms with Crippen molar-refractivity contribution in [3.8, 4) is 5.88 Å². The molecule has 0 fully saturated rings. The van der Waals surface area contributed by atoms with E-state index in [1.807, 2.05) is 32.0 Å². The van der Waals surface area contributed by atoms with Gasteiger partial charge in [-0.1, -0.05) is 18.2 Å².